The Bertz CT molecular complexity index is 815. The number of rotatable bonds is 3. The number of alkyl halides is 3. The molecule has 1 amide bonds. The van der Waals surface area contributed by atoms with Crippen molar-refractivity contribution in [3.8, 4) is 11.5 Å². The second kappa shape index (κ2) is 6.63. The van der Waals surface area contributed by atoms with Crippen LogP contribution in [0.15, 0.2) is 55.1 Å². The number of amides is 1. The molecule has 3 nitrogen and oxygen atoms in total. The van der Waals surface area contributed by atoms with Crippen LogP contribution in [0.3, 0.4) is 0 Å². The number of fused-ring (bicyclic) bond motifs is 1. The molecule has 0 aromatic heterocycles. The third-order valence-corrected chi connectivity index (χ3v) is 4.07. The largest absolute Gasteiger partial charge is 0.457 e. The number of nitrogens with zero attached hydrogens (tertiary/aromatic N) is 1. The summed E-state index contributed by atoms with van der Waals surface area (Å²) >= 11 is 0. The highest BCUT2D eigenvalue weighted by Gasteiger charge is 2.30. The lowest BCUT2D eigenvalue weighted by Crippen LogP contribution is -2.34. The molecule has 1 aliphatic rings. The maximum Gasteiger partial charge on any atom is 0.416 e. The molecule has 0 aliphatic carbocycles. The Morgan fingerprint density at radius 1 is 1.12 bits per heavy atom. The van der Waals surface area contributed by atoms with Gasteiger partial charge in [-0.2, -0.15) is 13.2 Å². The normalized spacial score (nSPS) is 14.0. The Balaban J connectivity index is 1.81. The highest BCUT2D eigenvalue weighted by atomic mass is 19.4. The van der Waals surface area contributed by atoms with Crippen molar-refractivity contribution >= 4 is 5.91 Å². The lowest BCUT2D eigenvalue weighted by Gasteiger charge is -2.28. The molecule has 0 atom stereocenters. The van der Waals surface area contributed by atoms with E-state index < -0.39 is 11.7 Å². The highest BCUT2D eigenvalue weighted by Crippen LogP contribution is 2.33. The first kappa shape index (κ1) is 17.1. The van der Waals surface area contributed by atoms with Gasteiger partial charge in [-0.3, -0.25) is 4.79 Å². The molecule has 25 heavy (non-hydrogen) atoms. The molecular formula is C19H16F3NO2. The number of carbonyl (C=O) groups excluding carboxylic acids is 1. The van der Waals surface area contributed by atoms with E-state index in [0.29, 0.717) is 18.8 Å². The van der Waals surface area contributed by atoms with Crippen LogP contribution in [0.5, 0.6) is 11.5 Å². The number of hydrogen-bond acceptors (Lipinski definition) is 2. The molecule has 0 unspecified atom stereocenters. The van der Waals surface area contributed by atoms with Crippen LogP contribution in [0.25, 0.3) is 0 Å². The van der Waals surface area contributed by atoms with Crippen molar-refractivity contribution < 1.29 is 22.7 Å². The van der Waals surface area contributed by atoms with Crippen LogP contribution in [0.1, 0.15) is 16.7 Å². The minimum Gasteiger partial charge on any atom is -0.457 e. The van der Waals surface area contributed by atoms with Gasteiger partial charge in [-0.05, 0) is 54.0 Å². The number of ether oxygens (including phenoxy) is 1. The van der Waals surface area contributed by atoms with Crippen LogP contribution in [0.4, 0.5) is 13.2 Å². The van der Waals surface area contributed by atoms with Crippen molar-refractivity contribution in [3.05, 3.63) is 71.8 Å². The molecular weight excluding hydrogens is 331 g/mol. The van der Waals surface area contributed by atoms with Gasteiger partial charge in [0.1, 0.15) is 11.5 Å². The summed E-state index contributed by atoms with van der Waals surface area (Å²) in [6.45, 7) is 4.53. The number of halogens is 3. The average molecular weight is 347 g/mol. The van der Waals surface area contributed by atoms with Crippen LogP contribution in [0, 0.1) is 0 Å². The SMILES string of the molecule is C=CC(=O)N1CCc2ccc(Oc3cccc(C(F)(F)F)c3)cc2C1. The molecule has 0 fully saturated rings. The lowest BCUT2D eigenvalue weighted by atomic mass is 9.99. The molecule has 0 spiro atoms. The van der Waals surface area contributed by atoms with Gasteiger partial charge in [-0.1, -0.05) is 18.7 Å². The van der Waals surface area contributed by atoms with E-state index in [1.54, 1.807) is 17.0 Å². The summed E-state index contributed by atoms with van der Waals surface area (Å²) < 4.78 is 43.9. The average Bonchev–Trinajstić information content (AvgIpc) is 2.60. The van der Waals surface area contributed by atoms with Crippen LogP contribution >= 0.6 is 0 Å². The predicted molar refractivity (Wildman–Crippen MR) is 87.3 cm³/mol. The van der Waals surface area contributed by atoms with E-state index >= 15 is 0 Å². The van der Waals surface area contributed by atoms with Crippen LogP contribution in [-0.4, -0.2) is 17.4 Å². The van der Waals surface area contributed by atoms with E-state index in [-0.39, 0.29) is 11.7 Å². The summed E-state index contributed by atoms with van der Waals surface area (Å²) in [5, 5.41) is 0. The summed E-state index contributed by atoms with van der Waals surface area (Å²) in [7, 11) is 0. The maximum absolute atomic E-state index is 12.8. The molecule has 130 valence electrons. The Morgan fingerprint density at radius 3 is 2.60 bits per heavy atom. The van der Waals surface area contributed by atoms with Gasteiger partial charge in [-0.15, -0.1) is 0 Å². The van der Waals surface area contributed by atoms with Crippen molar-refractivity contribution in [1.82, 2.24) is 4.90 Å². The number of carbonyl (C=O) groups is 1. The maximum atomic E-state index is 12.8. The smallest absolute Gasteiger partial charge is 0.416 e. The quantitative estimate of drug-likeness (QED) is 0.762. The van der Waals surface area contributed by atoms with E-state index in [1.165, 1.54) is 18.2 Å². The van der Waals surface area contributed by atoms with Gasteiger partial charge in [0, 0.05) is 13.1 Å². The van der Waals surface area contributed by atoms with E-state index in [4.69, 9.17) is 4.74 Å². The van der Waals surface area contributed by atoms with E-state index in [1.807, 2.05) is 6.07 Å². The van der Waals surface area contributed by atoms with Crippen LogP contribution in [0.2, 0.25) is 0 Å². The van der Waals surface area contributed by atoms with Gasteiger partial charge in [-0.25, -0.2) is 0 Å². The second-order valence-corrected chi connectivity index (χ2v) is 5.77. The molecule has 3 rings (SSSR count). The minimum absolute atomic E-state index is 0.115. The van der Waals surface area contributed by atoms with Gasteiger partial charge in [0.05, 0.1) is 5.56 Å². The molecule has 0 saturated carbocycles. The number of benzene rings is 2. The molecule has 2 aromatic carbocycles. The summed E-state index contributed by atoms with van der Waals surface area (Å²) in [4.78, 5) is 13.4. The van der Waals surface area contributed by atoms with Crippen molar-refractivity contribution in [2.75, 3.05) is 6.54 Å². The molecule has 2 aromatic rings. The highest BCUT2D eigenvalue weighted by molar-refractivity contribution is 5.87. The molecule has 1 heterocycles. The zero-order valence-electron chi connectivity index (χ0n) is 13.3. The molecule has 1 aliphatic heterocycles. The van der Waals surface area contributed by atoms with E-state index in [2.05, 4.69) is 6.58 Å². The summed E-state index contributed by atoms with van der Waals surface area (Å²) in [5.41, 5.74) is 1.26. The fourth-order valence-corrected chi connectivity index (χ4v) is 2.79. The fourth-order valence-electron chi connectivity index (χ4n) is 2.79. The van der Waals surface area contributed by atoms with Crippen LogP contribution < -0.4 is 4.74 Å². The zero-order valence-corrected chi connectivity index (χ0v) is 13.3. The second-order valence-electron chi connectivity index (χ2n) is 5.77. The first-order valence-corrected chi connectivity index (χ1v) is 7.75. The first-order chi connectivity index (χ1) is 11.9. The van der Waals surface area contributed by atoms with E-state index in [9.17, 15) is 18.0 Å². The van der Waals surface area contributed by atoms with Gasteiger partial charge in [0.25, 0.3) is 0 Å². The van der Waals surface area contributed by atoms with Gasteiger partial charge in [0.15, 0.2) is 0 Å². The Kier molecular flexibility index (Phi) is 4.53. The van der Waals surface area contributed by atoms with Gasteiger partial charge >= 0.3 is 6.18 Å². The fraction of sp³-hybridized carbons (Fsp3) is 0.211. The standard InChI is InChI=1S/C19H16F3NO2/c1-2-18(24)23-9-8-13-6-7-17(10-14(13)12-23)25-16-5-3-4-15(11-16)19(20,21)22/h2-7,10-11H,1,8-9,12H2. The van der Waals surface area contributed by atoms with E-state index in [0.717, 1.165) is 29.7 Å². The molecule has 0 N–H and O–H groups in total. The minimum atomic E-state index is -4.42. The lowest BCUT2D eigenvalue weighted by molar-refractivity contribution is -0.137. The van der Waals surface area contributed by atoms with Gasteiger partial charge < -0.3 is 9.64 Å². The third-order valence-electron chi connectivity index (χ3n) is 4.07. The molecule has 0 radical (unpaired) electrons. The molecule has 0 saturated heterocycles. The Labute approximate surface area is 143 Å². The Morgan fingerprint density at radius 2 is 1.88 bits per heavy atom. The first-order valence-electron chi connectivity index (χ1n) is 7.75. The topological polar surface area (TPSA) is 29.5 Å². The van der Waals surface area contributed by atoms with Crippen molar-refractivity contribution in [3.63, 3.8) is 0 Å². The zero-order chi connectivity index (χ0) is 18.0. The molecule has 6 heteroatoms. The van der Waals surface area contributed by atoms with Crippen molar-refractivity contribution in [2.24, 2.45) is 0 Å². The summed E-state index contributed by atoms with van der Waals surface area (Å²) in [6.07, 6.45) is -2.42. The van der Waals surface area contributed by atoms with Crippen molar-refractivity contribution in [1.29, 1.82) is 0 Å². The molecule has 0 bridgehead atoms. The monoisotopic (exact) mass is 347 g/mol. The number of hydrogen-bond donors (Lipinski definition) is 0. The van der Waals surface area contributed by atoms with Gasteiger partial charge in [0.2, 0.25) is 5.91 Å². The third kappa shape index (κ3) is 3.84. The predicted octanol–water partition coefficient (Wildman–Crippen LogP) is 4.57. The Hall–Kier alpha value is -2.76. The summed E-state index contributed by atoms with van der Waals surface area (Å²) in [5.74, 6) is 0.408. The van der Waals surface area contributed by atoms with Crippen molar-refractivity contribution in [2.45, 2.75) is 19.1 Å². The van der Waals surface area contributed by atoms with Crippen LogP contribution in [-0.2, 0) is 23.9 Å². The summed E-state index contributed by atoms with van der Waals surface area (Å²) in [6, 6.07) is 10.1.